The SMILES string of the molecule is COC(=O)CCCCCCCCCC(F)F. The van der Waals surface area contributed by atoms with Crippen molar-refractivity contribution in [1.29, 1.82) is 0 Å². The molecule has 0 radical (unpaired) electrons. The summed E-state index contributed by atoms with van der Waals surface area (Å²) in [4.78, 5) is 10.8. The molecule has 0 saturated heterocycles. The molecule has 0 N–H and O–H groups in total. The Balaban J connectivity index is 3.01. The average Bonchev–Trinajstić information content (AvgIpc) is 2.26. The van der Waals surface area contributed by atoms with E-state index in [4.69, 9.17) is 0 Å². The third-order valence-electron chi connectivity index (χ3n) is 2.53. The number of methoxy groups -OCH3 is 1. The first-order valence-electron chi connectivity index (χ1n) is 6.01. The molecule has 2 nitrogen and oxygen atoms in total. The summed E-state index contributed by atoms with van der Waals surface area (Å²) in [5.41, 5.74) is 0. The van der Waals surface area contributed by atoms with Gasteiger partial charge in [-0.1, -0.05) is 32.1 Å². The summed E-state index contributed by atoms with van der Waals surface area (Å²) < 4.78 is 28.1. The lowest BCUT2D eigenvalue weighted by Gasteiger charge is -2.02. The van der Waals surface area contributed by atoms with E-state index in [9.17, 15) is 13.6 Å². The monoisotopic (exact) mass is 236 g/mol. The van der Waals surface area contributed by atoms with Gasteiger partial charge < -0.3 is 4.74 Å². The zero-order valence-electron chi connectivity index (χ0n) is 10.0. The van der Waals surface area contributed by atoms with Crippen LogP contribution in [0.25, 0.3) is 0 Å². The second-order valence-corrected chi connectivity index (χ2v) is 3.98. The molecule has 0 rings (SSSR count). The number of carbonyl (C=O) groups excluding carboxylic acids is 1. The molecular weight excluding hydrogens is 214 g/mol. The van der Waals surface area contributed by atoms with E-state index in [1.807, 2.05) is 0 Å². The van der Waals surface area contributed by atoms with Crippen molar-refractivity contribution in [3.8, 4) is 0 Å². The normalized spacial score (nSPS) is 10.8. The Morgan fingerprint density at radius 1 is 1.00 bits per heavy atom. The van der Waals surface area contributed by atoms with E-state index in [1.54, 1.807) is 0 Å². The van der Waals surface area contributed by atoms with Crippen LogP contribution in [0.2, 0.25) is 0 Å². The van der Waals surface area contributed by atoms with Crippen LogP contribution >= 0.6 is 0 Å². The van der Waals surface area contributed by atoms with Crippen LogP contribution in [-0.2, 0) is 9.53 Å². The average molecular weight is 236 g/mol. The summed E-state index contributed by atoms with van der Waals surface area (Å²) in [7, 11) is 1.39. The summed E-state index contributed by atoms with van der Waals surface area (Å²) in [5.74, 6) is -0.156. The molecule has 0 aromatic carbocycles. The maximum atomic E-state index is 11.8. The first-order chi connectivity index (χ1) is 7.66. The maximum Gasteiger partial charge on any atom is 0.305 e. The minimum absolute atomic E-state index is 0.0301. The Bertz CT molecular complexity index is 172. The van der Waals surface area contributed by atoms with Gasteiger partial charge in [-0.2, -0.15) is 0 Å². The lowest BCUT2D eigenvalue weighted by atomic mass is 10.1. The fraction of sp³-hybridized carbons (Fsp3) is 0.917. The molecule has 0 fully saturated rings. The van der Waals surface area contributed by atoms with Crippen LogP contribution in [0.15, 0.2) is 0 Å². The molecule has 0 heterocycles. The van der Waals surface area contributed by atoms with Crippen molar-refractivity contribution >= 4 is 5.97 Å². The fourth-order valence-electron chi connectivity index (χ4n) is 1.55. The van der Waals surface area contributed by atoms with Gasteiger partial charge in [0.2, 0.25) is 6.43 Å². The number of unbranched alkanes of at least 4 members (excludes halogenated alkanes) is 6. The molecule has 0 amide bonds. The Labute approximate surface area is 96.4 Å². The number of rotatable bonds is 10. The van der Waals surface area contributed by atoms with Gasteiger partial charge in [0.25, 0.3) is 0 Å². The molecule has 0 aliphatic heterocycles. The molecule has 0 aliphatic rings. The number of alkyl halides is 2. The van der Waals surface area contributed by atoms with E-state index in [0.29, 0.717) is 12.8 Å². The molecule has 4 heteroatoms. The van der Waals surface area contributed by atoms with Gasteiger partial charge in [-0.15, -0.1) is 0 Å². The van der Waals surface area contributed by atoms with Gasteiger partial charge in [0, 0.05) is 12.8 Å². The zero-order chi connectivity index (χ0) is 12.2. The van der Waals surface area contributed by atoms with Crippen molar-refractivity contribution in [3.63, 3.8) is 0 Å². The summed E-state index contributed by atoms with van der Waals surface area (Å²) >= 11 is 0. The number of esters is 1. The van der Waals surface area contributed by atoms with E-state index in [1.165, 1.54) is 7.11 Å². The molecule has 96 valence electrons. The molecular formula is C12H22F2O2. The van der Waals surface area contributed by atoms with Crippen molar-refractivity contribution < 1.29 is 18.3 Å². The van der Waals surface area contributed by atoms with Crippen molar-refractivity contribution in [2.24, 2.45) is 0 Å². The number of carbonyl (C=O) groups is 1. The lowest BCUT2D eigenvalue weighted by Crippen LogP contribution is -1.99. The van der Waals surface area contributed by atoms with Gasteiger partial charge in [-0.25, -0.2) is 8.78 Å². The summed E-state index contributed by atoms with van der Waals surface area (Å²) in [6, 6.07) is 0. The van der Waals surface area contributed by atoms with E-state index in [-0.39, 0.29) is 12.4 Å². The second-order valence-electron chi connectivity index (χ2n) is 3.98. The molecule has 16 heavy (non-hydrogen) atoms. The van der Waals surface area contributed by atoms with Crippen molar-refractivity contribution in [1.82, 2.24) is 0 Å². The first-order valence-corrected chi connectivity index (χ1v) is 6.01. The molecule has 0 saturated carbocycles. The molecule has 0 spiro atoms. The van der Waals surface area contributed by atoms with Gasteiger partial charge in [0.15, 0.2) is 0 Å². The van der Waals surface area contributed by atoms with Gasteiger partial charge in [0.05, 0.1) is 7.11 Å². The van der Waals surface area contributed by atoms with Gasteiger partial charge in [-0.3, -0.25) is 4.79 Å². The standard InChI is InChI=1S/C12H22F2O2/c1-16-12(15)10-8-6-4-2-3-5-7-9-11(13)14/h11H,2-10H2,1H3. The maximum absolute atomic E-state index is 11.8. The summed E-state index contributed by atoms with van der Waals surface area (Å²) in [5, 5.41) is 0. The molecule has 0 unspecified atom stereocenters. The number of halogens is 2. The van der Waals surface area contributed by atoms with E-state index in [0.717, 1.165) is 38.5 Å². The van der Waals surface area contributed by atoms with Crippen LogP contribution in [-0.4, -0.2) is 19.5 Å². The summed E-state index contributed by atoms with van der Waals surface area (Å²) in [6.45, 7) is 0. The third-order valence-corrected chi connectivity index (χ3v) is 2.53. The highest BCUT2D eigenvalue weighted by atomic mass is 19.3. The highest BCUT2D eigenvalue weighted by Crippen LogP contribution is 2.12. The Kier molecular flexibility index (Phi) is 10.4. The molecule has 0 aromatic rings. The van der Waals surface area contributed by atoms with Crippen molar-refractivity contribution in [2.45, 2.75) is 64.2 Å². The van der Waals surface area contributed by atoms with Gasteiger partial charge in [0.1, 0.15) is 0 Å². The van der Waals surface area contributed by atoms with Crippen LogP contribution in [0.3, 0.4) is 0 Å². The predicted molar refractivity (Wildman–Crippen MR) is 59.6 cm³/mol. The molecule has 0 bridgehead atoms. The van der Waals surface area contributed by atoms with Crippen molar-refractivity contribution in [2.75, 3.05) is 7.11 Å². The number of ether oxygens (including phenoxy) is 1. The minimum Gasteiger partial charge on any atom is -0.469 e. The lowest BCUT2D eigenvalue weighted by molar-refractivity contribution is -0.140. The van der Waals surface area contributed by atoms with Crippen LogP contribution in [0.4, 0.5) is 8.78 Å². The quantitative estimate of drug-likeness (QED) is 0.424. The van der Waals surface area contributed by atoms with Crippen LogP contribution in [0.1, 0.15) is 57.8 Å². The Morgan fingerprint density at radius 3 is 2.00 bits per heavy atom. The largest absolute Gasteiger partial charge is 0.469 e. The van der Waals surface area contributed by atoms with E-state index in [2.05, 4.69) is 4.74 Å². The fourth-order valence-corrected chi connectivity index (χ4v) is 1.55. The first kappa shape index (κ1) is 15.3. The van der Waals surface area contributed by atoms with Crippen LogP contribution in [0, 0.1) is 0 Å². The van der Waals surface area contributed by atoms with Gasteiger partial charge >= 0.3 is 5.97 Å². The van der Waals surface area contributed by atoms with E-state index < -0.39 is 6.43 Å². The van der Waals surface area contributed by atoms with Crippen LogP contribution in [0.5, 0.6) is 0 Å². The summed E-state index contributed by atoms with van der Waals surface area (Å²) in [6.07, 6.45) is 4.93. The topological polar surface area (TPSA) is 26.3 Å². The Hall–Kier alpha value is -0.670. The van der Waals surface area contributed by atoms with E-state index >= 15 is 0 Å². The van der Waals surface area contributed by atoms with Crippen molar-refractivity contribution in [3.05, 3.63) is 0 Å². The number of hydrogen-bond acceptors (Lipinski definition) is 2. The number of hydrogen-bond donors (Lipinski definition) is 0. The third kappa shape index (κ3) is 11.4. The smallest absolute Gasteiger partial charge is 0.305 e. The van der Waals surface area contributed by atoms with Crippen LogP contribution < -0.4 is 0 Å². The highest BCUT2D eigenvalue weighted by Gasteiger charge is 2.01. The minimum atomic E-state index is -2.15. The zero-order valence-corrected chi connectivity index (χ0v) is 10.0. The molecule has 0 aliphatic carbocycles. The predicted octanol–water partition coefficient (Wildman–Crippen LogP) is 3.94. The second kappa shape index (κ2) is 10.8. The molecule has 0 atom stereocenters. The Morgan fingerprint density at radius 2 is 1.50 bits per heavy atom. The highest BCUT2D eigenvalue weighted by molar-refractivity contribution is 5.68. The molecule has 0 aromatic heterocycles. The van der Waals surface area contributed by atoms with Gasteiger partial charge in [-0.05, 0) is 12.8 Å².